The number of likely N-dealkylation sites (tertiary alicyclic amines) is 1. The SMILES string of the molecule is CC(c1ccc(-c2c(CO)ccc3[nH]c(=O)c4sccc4c23)cc1)N1CCCCC1. The van der Waals surface area contributed by atoms with E-state index in [0.717, 1.165) is 37.7 Å². The molecule has 1 saturated heterocycles. The number of hydrogen-bond acceptors (Lipinski definition) is 4. The van der Waals surface area contributed by atoms with Crippen LogP contribution < -0.4 is 5.56 Å². The molecule has 0 amide bonds. The minimum atomic E-state index is -0.0547. The predicted molar refractivity (Wildman–Crippen MR) is 125 cm³/mol. The largest absolute Gasteiger partial charge is 0.392 e. The molecule has 4 aromatic rings. The molecule has 5 heteroatoms. The number of aromatic amines is 1. The summed E-state index contributed by atoms with van der Waals surface area (Å²) in [5, 5.41) is 14.0. The smallest absolute Gasteiger partial charge is 0.266 e. The summed E-state index contributed by atoms with van der Waals surface area (Å²) in [5.41, 5.74) is 5.02. The van der Waals surface area contributed by atoms with Crippen LogP contribution in [0.25, 0.3) is 32.1 Å². The van der Waals surface area contributed by atoms with Gasteiger partial charge in [-0.3, -0.25) is 9.69 Å². The normalized spacial score (nSPS) is 16.3. The Kier molecular flexibility index (Phi) is 5.19. The van der Waals surface area contributed by atoms with Crippen LogP contribution in [0.2, 0.25) is 0 Å². The second-order valence-electron chi connectivity index (χ2n) is 8.19. The minimum Gasteiger partial charge on any atom is -0.392 e. The zero-order chi connectivity index (χ0) is 20.7. The van der Waals surface area contributed by atoms with Gasteiger partial charge in [0.2, 0.25) is 0 Å². The standard InChI is InChI=1S/C25H26N2O2S/c1-16(27-12-3-2-4-13-27)17-5-7-18(8-6-17)22-19(15-28)9-10-21-23(22)20-11-14-30-24(20)25(29)26-21/h5-11,14,16,28H,2-4,12-13,15H2,1H3,(H,26,29). The third-order valence-corrected chi connectivity index (χ3v) is 7.38. The van der Waals surface area contributed by atoms with Crippen LogP contribution in [0.1, 0.15) is 43.4 Å². The van der Waals surface area contributed by atoms with Crippen LogP contribution in [0.5, 0.6) is 0 Å². The molecule has 2 N–H and O–H groups in total. The number of piperidine rings is 1. The Morgan fingerprint density at radius 1 is 1.07 bits per heavy atom. The number of H-pyrrole nitrogens is 1. The number of aliphatic hydroxyl groups excluding tert-OH is 1. The number of fused-ring (bicyclic) bond motifs is 3. The molecule has 1 unspecified atom stereocenters. The maximum atomic E-state index is 12.4. The molecule has 0 saturated carbocycles. The van der Waals surface area contributed by atoms with Crippen molar-refractivity contribution in [2.45, 2.75) is 38.8 Å². The summed E-state index contributed by atoms with van der Waals surface area (Å²) >= 11 is 1.46. The van der Waals surface area contributed by atoms with Crippen LogP contribution in [-0.4, -0.2) is 28.1 Å². The minimum absolute atomic E-state index is 0.0397. The lowest BCUT2D eigenvalue weighted by Gasteiger charge is -2.32. The molecule has 1 aliphatic heterocycles. The van der Waals surface area contributed by atoms with Gasteiger partial charge in [-0.15, -0.1) is 11.3 Å². The second-order valence-corrected chi connectivity index (χ2v) is 9.11. The zero-order valence-corrected chi connectivity index (χ0v) is 18.0. The average molecular weight is 419 g/mol. The van der Waals surface area contributed by atoms with E-state index in [4.69, 9.17) is 0 Å². The Labute approximate surface area is 179 Å². The van der Waals surface area contributed by atoms with Gasteiger partial charge in [0.25, 0.3) is 5.56 Å². The molecule has 0 spiro atoms. The Balaban J connectivity index is 1.63. The molecule has 154 valence electrons. The van der Waals surface area contributed by atoms with Crippen molar-refractivity contribution in [2.75, 3.05) is 13.1 Å². The third kappa shape index (κ3) is 3.27. The number of rotatable bonds is 4. The number of nitrogens with zero attached hydrogens (tertiary/aromatic N) is 1. The van der Waals surface area contributed by atoms with E-state index in [2.05, 4.69) is 41.1 Å². The lowest BCUT2D eigenvalue weighted by atomic mass is 9.92. The van der Waals surface area contributed by atoms with Gasteiger partial charge >= 0.3 is 0 Å². The second kappa shape index (κ2) is 7.99. The molecule has 1 atom stereocenters. The van der Waals surface area contributed by atoms with Crippen molar-refractivity contribution in [1.82, 2.24) is 9.88 Å². The van der Waals surface area contributed by atoms with E-state index >= 15 is 0 Å². The van der Waals surface area contributed by atoms with Crippen LogP contribution in [0.15, 0.2) is 52.6 Å². The van der Waals surface area contributed by atoms with E-state index < -0.39 is 0 Å². The Morgan fingerprint density at radius 3 is 2.57 bits per heavy atom. The number of hydrogen-bond donors (Lipinski definition) is 2. The highest BCUT2D eigenvalue weighted by Crippen LogP contribution is 2.37. The first-order chi connectivity index (χ1) is 14.7. The van der Waals surface area contributed by atoms with E-state index in [1.807, 2.05) is 23.6 Å². The van der Waals surface area contributed by atoms with Crippen molar-refractivity contribution < 1.29 is 5.11 Å². The Bertz CT molecular complexity index is 1250. The molecule has 30 heavy (non-hydrogen) atoms. The third-order valence-electron chi connectivity index (χ3n) is 6.47. The molecule has 0 radical (unpaired) electrons. The van der Waals surface area contributed by atoms with Crippen LogP contribution in [0, 0.1) is 0 Å². The maximum Gasteiger partial charge on any atom is 0.266 e. The van der Waals surface area contributed by atoms with E-state index in [1.165, 1.54) is 49.3 Å². The van der Waals surface area contributed by atoms with Crippen molar-refractivity contribution >= 4 is 32.3 Å². The van der Waals surface area contributed by atoms with E-state index in [9.17, 15) is 9.90 Å². The van der Waals surface area contributed by atoms with Crippen molar-refractivity contribution in [2.24, 2.45) is 0 Å². The van der Waals surface area contributed by atoms with E-state index in [0.29, 0.717) is 6.04 Å². The number of aromatic nitrogens is 1. The molecule has 1 fully saturated rings. The number of pyridine rings is 1. The summed E-state index contributed by atoms with van der Waals surface area (Å²) in [5.74, 6) is 0. The first kappa shape index (κ1) is 19.5. The van der Waals surface area contributed by atoms with Gasteiger partial charge in [-0.2, -0.15) is 0 Å². The van der Waals surface area contributed by atoms with Crippen LogP contribution in [0.4, 0.5) is 0 Å². The van der Waals surface area contributed by atoms with Crippen LogP contribution in [-0.2, 0) is 6.61 Å². The van der Waals surface area contributed by atoms with Gasteiger partial charge in [-0.25, -0.2) is 0 Å². The molecular weight excluding hydrogens is 392 g/mol. The fourth-order valence-electron chi connectivity index (χ4n) is 4.80. The quantitative estimate of drug-likeness (QED) is 0.463. The molecule has 1 aliphatic rings. The van der Waals surface area contributed by atoms with Crippen molar-refractivity contribution in [1.29, 1.82) is 0 Å². The number of aliphatic hydroxyl groups is 1. The molecule has 2 aromatic carbocycles. The lowest BCUT2D eigenvalue weighted by molar-refractivity contribution is 0.175. The molecule has 2 aromatic heterocycles. The highest BCUT2D eigenvalue weighted by atomic mass is 32.1. The topological polar surface area (TPSA) is 56.3 Å². The average Bonchev–Trinajstić information content (AvgIpc) is 3.29. The van der Waals surface area contributed by atoms with Gasteiger partial charge in [-0.1, -0.05) is 36.8 Å². The Hall–Kier alpha value is -2.47. The molecule has 3 heterocycles. The lowest BCUT2D eigenvalue weighted by Crippen LogP contribution is -2.32. The molecule has 5 rings (SSSR count). The number of thiophene rings is 1. The summed E-state index contributed by atoms with van der Waals surface area (Å²) in [6.07, 6.45) is 3.91. The summed E-state index contributed by atoms with van der Waals surface area (Å²) in [7, 11) is 0. The molecule has 4 nitrogen and oxygen atoms in total. The highest BCUT2D eigenvalue weighted by Gasteiger charge is 2.19. The van der Waals surface area contributed by atoms with Crippen LogP contribution in [0.3, 0.4) is 0 Å². The molecule has 0 aliphatic carbocycles. The van der Waals surface area contributed by atoms with E-state index in [-0.39, 0.29) is 12.2 Å². The van der Waals surface area contributed by atoms with Gasteiger partial charge in [0.15, 0.2) is 0 Å². The fraction of sp³-hybridized carbons (Fsp3) is 0.320. The van der Waals surface area contributed by atoms with Crippen molar-refractivity contribution in [3.63, 3.8) is 0 Å². The molecule has 0 bridgehead atoms. The molecular formula is C25H26N2O2S. The van der Waals surface area contributed by atoms with Gasteiger partial charge in [0, 0.05) is 22.3 Å². The first-order valence-corrected chi connectivity index (χ1v) is 11.6. The van der Waals surface area contributed by atoms with Gasteiger partial charge in [0.1, 0.15) is 4.70 Å². The van der Waals surface area contributed by atoms with Gasteiger partial charge in [-0.05, 0) is 72.6 Å². The summed E-state index contributed by atoms with van der Waals surface area (Å²) in [4.78, 5) is 18.0. The van der Waals surface area contributed by atoms with Crippen molar-refractivity contribution in [3.05, 3.63) is 69.3 Å². The summed E-state index contributed by atoms with van der Waals surface area (Å²) < 4.78 is 0.731. The van der Waals surface area contributed by atoms with Gasteiger partial charge in [0.05, 0.1) is 6.61 Å². The van der Waals surface area contributed by atoms with Gasteiger partial charge < -0.3 is 10.1 Å². The van der Waals surface area contributed by atoms with Crippen molar-refractivity contribution in [3.8, 4) is 11.1 Å². The number of nitrogens with one attached hydrogen (secondary N) is 1. The maximum absolute atomic E-state index is 12.4. The summed E-state index contributed by atoms with van der Waals surface area (Å²) in [6.45, 7) is 4.59. The monoisotopic (exact) mass is 418 g/mol. The number of benzene rings is 2. The summed E-state index contributed by atoms with van der Waals surface area (Å²) in [6, 6.07) is 15.0. The Morgan fingerprint density at radius 2 is 1.83 bits per heavy atom. The highest BCUT2D eigenvalue weighted by molar-refractivity contribution is 7.17. The zero-order valence-electron chi connectivity index (χ0n) is 17.1. The first-order valence-electron chi connectivity index (χ1n) is 10.7. The fourth-order valence-corrected chi connectivity index (χ4v) is 5.59. The van der Waals surface area contributed by atoms with E-state index in [1.54, 1.807) is 0 Å². The predicted octanol–water partition coefficient (Wildman–Crippen LogP) is 5.45. The van der Waals surface area contributed by atoms with Crippen LogP contribution >= 0.6 is 11.3 Å².